The fraction of sp³-hybridized carbons (Fsp3) is 0.571. The smallest absolute Gasteiger partial charge is 0.0320 e. The van der Waals surface area contributed by atoms with Crippen molar-refractivity contribution in [2.45, 2.75) is 45.1 Å². The topological polar surface area (TPSA) is 12.0 Å². The highest BCUT2D eigenvalue weighted by Gasteiger charge is 2.14. The Bertz CT molecular complexity index is 294. The van der Waals surface area contributed by atoms with Crippen molar-refractivity contribution < 1.29 is 0 Å². The summed E-state index contributed by atoms with van der Waals surface area (Å²) in [6, 6.07) is 9.73. The zero-order valence-electron chi connectivity index (χ0n) is 9.79. The standard InChI is InChI=1S/C14H21N/c1-11(2)12-6-8-13(9-7-12)14-5-3-4-10-15-14/h6-9,11,14-15H,3-5,10H2,1-2H3. The molecule has 0 aliphatic carbocycles. The molecule has 1 atom stereocenters. The van der Waals surface area contributed by atoms with Crippen LogP contribution < -0.4 is 5.32 Å². The molecule has 1 aliphatic heterocycles. The predicted molar refractivity (Wildman–Crippen MR) is 65.1 cm³/mol. The molecular formula is C14H21N. The van der Waals surface area contributed by atoms with Crippen LogP contribution >= 0.6 is 0 Å². The number of hydrogen-bond donors (Lipinski definition) is 1. The predicted octanol–water partition coefficient (Wildman–Crippen LogP) is 3.62. The molecule has 1 saturated heterocycles. The van der Waals surface area contributed by atoms with Gasteiger partial charge in [0.2, 0.25) is 0 Å². The summed E-state index contributed by atoms with van der Waals surface area (Å²) in [7, 11) is 0. The second-order valence-corrected chi connectivity index (χ2v) is 4.82. The Morgan fingerprint density at radius 2 is 1.87 bits per heavy atom. The lowest BCUT2D eigenvalue weighted by atomic mass is 9.95. The fourth-order valence-electron chi connectivity index (χ4n) is 2.25. The SMILES string of the molecule is CC(C)c1ccc(C2CCCCN2)cc1. The Morgan fingerprint density at radius 3 is 2.40 bits per heavy atom. The van der Waals surface area contributed by atoms with Gasteiger partial charge in [0.05, 0.1) is 0 Å². The fourth-order valence-corrected chi connectivity index (χ4v) is 2.25. The maximum atomic E-state index is 3.58. The summed E-state index contributed by atoms with van der Waals surface area (Å²) < 4.78 is 0. The summed E-state index contributed by atoms with van der Waals surface area (Å²) in [5, 5.41) is 3.58. The zero-order valence-corrected chi connectivity index (χ0v) is 9.79. The lowest BCUT2D eigenvalue weighted by molar-refractivity contribution is 0.412. The van der Waals surface area contributed by atoms with Gasteiger partial charge in [0.1, 0.15) is 0 Å². The van der Waals surface area contributed by atoms with Gasteiger partial charge in [-0.2, -0.15) is 0 Å². The molecule has 0 amide bonds. The molecule has 1 unspecified atom stereocenters. The van der Waals surface area contributed by atoms with E-state index in [9.17, 15) is 0 Å². The molecule has 2 rings (SSSR count). The summed E-state index contributed by atoms with van der Waals surface area (Å²) in [6.07, 6.45) is 3.99. The number of rotatable bonds is 2. The van der Waals surface area contributed by atoms with E-state index in [0.717, 1.165) is 0 Å². The molecule has 1 nitrogen and oxygen atoms in total. The van der Waals surface area contributed by atoms with Crippen LogP contribution in [0.2, 0.25) is 0 Å². The Kier molecular flexibility index (Phi) is 3.42. The summed E-state index contributed by atoms with van der Waals surface area (Å²) in [6.45, 7) is 5.67. The third-order valence-electron chi connectivity index (χ3n) is 3.32. The maximum Gasteiger partial charge on any atom is 0.0320 e. The summed E-state index contributed by atoms with van der Waals surface area (Å²) in [5.74, 6) is 0.637. The van der Waals surface area contributed by atoms with Gasteiger partial charge in [-0.1, -0.05) is 44.5 Å². The van der Waals surface area contributed by atoms with Crippen LogP contribution in [0.1, 0.15) is 56.2 Å². The molecule has 82 valence electrons. The van der Waals surface area contributed by atoms with Crippen molar-refractivity contribution in [2.75, 3.05) is 6.54 Å². The summed E-state index contributed by atoms with van der Waals surface area (Å²) in [4.78, 5) is 0. The van der Waals surface area contributed by atoms with Gasteiger partial charge >= 0.3 is 0 Å². The van der Waals surface area contributed by atoms with Crippen LogP contribution in [0.25, 0.3) is 0 Å². The van der Waals surface area contributed by atoms with Crippen molar-refractivity contribution in [1.82, 2.24) is 5.32 Å². The quantitative estimate of drug-likeness (QED) is 0.774. The number of nitrogens with one attached hydrogen (secondary N) is 1. The van der Waals surface area contributed by atoms with Crippen LogP contribution in [0, 0.1) is 0 Å². The molecule has 0 radical (unpaired) electrons. The Hall–Kier alpha value is -0.820. The Labute approximate surface area is 92.9 Å². The minimum Gasteiger partial charge on any atom is -0.310 e. The van der Waals surface area contributed by atoms with E-state index >= 15 is 0 Å². The van der Waals surface area contributed by atoms with Crippen LogP contribution in [0.4, 0.5) is 0 Å². The third-order valence-corrected chi connectivity index (χ3v) is 3.32. The van der Waals surface area contributed by atoms with E-state index in [2.05, 4.69) is 43.4 Å². The molecule has 15 heavy (non-hydrogen) atoms. The van der Waals surface area contributed by atoms with Gasteiger partial charge in [0, 0.05) is 6.04 Å². The lowest BCUT2D eigenvalue weighted by Gasteiger charge is -2.24. The average molecular weight is 203 g/mol. The average Bonchev–Trinajstić information content (AvgIpc) is 2.30. The van der Waals surface area contributed by atoms with E-state index in [1.807, 2.05) is 0 Å². The van der Waals surface area contributed by atoms with Gasteiger partial charge < -0.3 is 5.32 Å². The summed E-state index contributed by atoms with van der Waals surface area (Å²) in [5.41, 5.74) is 2.90. The van der Waals surface area contributed by atoms with Crippen LogP contribution in [0.15, 0.2) is 24.3 Å². The van der Waals surface area contributed by atoms with E-state index in [0.29, 0.717) is 12.0 Å². The van der Waals surface area contributed by atoms with E-state index < -0.39 is 0 Å². The molecule has 1 aliphatic rings. The van der Waals surface area contributed by atoms with E-state index in [1.54, 1.807) is 0 Å². The van der Waals surface area contributed by atoms with Gasteiger partial charge in [0.15, 0.2) is 0 Å². The second-order valence-electron chi connectivity index (χ2n) is 4.82. The first-order valence-electron chi connectivity index (χ1n) is 6.10. The lowest BCUT2D eigenvalue weighted by Crippen LogP contribution is -2.26. The number of benzene rings is 1. The Morgan fingerprint density at radius 1 is 1.13 bits per heavy atom. The Balaban J connectivity index is 2.08. The molecule has 0 aromatic heterocycles. The van der Waals surface area contributed by atoms with Gasteiger partial charge in [-0.05, 0) is 36.4 Å². The number of piperidine rings is 1. The molecular weight excluding hydrogens is 182 g/mol. The highest BCUT2D eigenvalue weighted by Crippen LogP contribution is 2.24. The van der Waals surface area contributed by atoms with Crippen LogP contribution in [0.3, 0.4) is 0 Å². The molecule has 1 aromatic carbocycles. The highest BCUT2D eigenvalue weighted by atomic mass is 14.9. The van der Waals surface area contributed by atoms with Crippen molar-refractivity contribution in [3.8, 4) is 0 Å². The largest absolute Gasteiger partial charge is 0.310 e. The third kappa shape index (κ3) is 2.60. The van der Waals surface area contributed by atoms with Crippen molar-refractivity contribution in [3.63, 3.8) is 0 Å². The van der Waals surface area contributed by atoms with Crippen molar-refractivity contribution in [3.05, 3.63) is 35.4 Å². The maximum absolute atomic E-state index is 3.58. The van der Waals surface area contributed by atoms with E-state index in [-0.39, 0.29) is 0 Å². The van der Waals surface area contributed by atoms with E-state index in [4.69, 9.17) is 0 Å². The normalized spacial score (nSPS) is 21.9. The van der Waals surface area contributed by atoms with Crippen molar-refractivity contribution in [1.29, 1.82) is 0 Å². The van der Waals surface area contributed by atoms with Gasteiger partial charge in [-0.25, -0.2) is 0 Å². The van der Waals surface area contributed by atoms with Crippen LogP contribution in [-0.4, -0.2) is 6.54 Å². The van der Waals surface area contributed by atoms with Crippen molar-refractivity contribution >= 4 is 0 Å². The minimum atomic E-state index is 0.597. The van der Waals surface area contributed by atoms with Gasteiger partial charge in [-0.15, -0.1) is 0 Å². The van der Waals surface area contributed by atoms with Gasteiger partial charge in [-0.3, -0.25) is 0 Å². The highest BCUT2D eigenvalue weighted by molar-refractivity contribution is 5.27. The van der Waals surface area contributed by atoms with Crippen molar-refractivity contribution in [2.24, 2.45) is 0 Å². The first-order chi connectivity index (χ1) is 7.27. The molecule has 0 bridgehead atoms. The molecule has 1 heterocycles. The van der Waals surface area contributed by atoms with E-state index in [1.165, 1.54) is 36.9 Å². The molecule has 1 heteroatoms. The van der Waals surface area contributed by atoms with Crippen LogP contribution in [0.5, 0.6) is 0 Å². The molecule has 0 spiro atoms. The van der Waals surface area contributed by atoms with Crippen LogP contribution in [-0.2, 0) is 0 Å². The summed E-state index contributed by atoms with van der Waals surface area (Å²) >= 11 is 0. The first-order valence-corrected chi connectivity index (χ1v) is 6.10. The van der Waals surface area contributed by atoms with Gasteiger partial charge in [0.25, 0.3) is 0 Å². The molecule has 1 fully saturated rings. The zero-order chi connectivity index (χ0) is 10.7. The molecule has 0 saturated carbocycles. The monoisotopic (exact) mass is 203 g/mol. The molecule has 1 N–H and O–H groups in total. The first kappa shape index (κ1) is 10.7. The number of hydrogen-bond acceptors (Lipinski definition) is 1. The second kappa shape index (κ2) is 4.80. The minimum absolute atomic E-state index is 0.597. The molecule has 1 aromatic rings.